The Morgan fingerprint density at radius 1 is 0.786 bits per heavy atom. The number of nitrogens with zero attached hydrogens (tertiary/aromatic N) is 1. The molecule has 1 aliphatic rings. The fourth-order valence-corrected chi connectivity index (χ4v) is 6.24. The molecular weight excluding hydrogens is 410 g/mol. The Bertz CT molecular complexity index is 1250. The molecule has 141 valence electrons. The van der Waals surface area contributed by atoms with E-state index in [-0.39, 0.29) is 0 Å². The van der Waals surface area contributed by atoms with Crippen LogP contribution in [0.1, 0.15) is 33.3 Å². The van der Waals surface area contributed by atoms with Crippen molar-refractivity contribution in [1.29, 1.82) is 0 Å². The normalized spacial score (nSPS) is 19.5. The van der Waals surface area contributed by atoms with Crippen LogP contribution in [-0.2, 0) is 5.21 Å². The van der Waals surface area contributed by atoms with Crippen molar-refractivity contribution >= 4 is 53.8 Å². The lowest BCUT2D eigenvalue weighted by Gasteiger charge is -2.34. The van der Waals surface area contributed by atoms with Crippen molar-refractivity contribution in [3.05, 3.63) is 65.7 Å². The Morgan fingerprint density at radius 3 is 2.00 bits per heavy atom. The van der Waals surface area contributed by atoms with Crippen molar-refractivity contribution < 1.29 is 5.21 Å². The maximum Gasteiger partial charge on any atom is 0.0702 e. The molecule has 0 aromatic heterocycles. The van der Waals surface area contributed by atoms with Gasteiger partial charge in [0.1, 0.15) is 0 Å². The summed E-state index contributed by atoms with van der Waals surface area (Å²) in [7, 11) is 0. The number of hydrogen-bond donors (Lipinski definition) is 0. The molecule has 2 nitrogen and oxygen atoms in total. The van der Waals surface area contributed by atoms with Gasteiger partial charge in [0, 0.05) is 5.33 Å². The fraction of sp³-hybridized carbons (Fsp3) is 0.280. The van der Waals surface area contributed by atoms with Crippen molar-refractivity contribution in [3.63, 3.8) is 0 Å². The third-order valence-electron chi connectivity index (χ3n) is 6.60. The Labute approximate surface area is 173 Å². The summed E-state index contributed by atoms with van der Waals surface area (Å²) in [5, 5.41) is 22.8. The van der Waals surface area contributed by atoms with Gasteiger partial charge < -0.3 is 0 Å². The summed E-state index contributed by atoms with van der Waals surface area (Å²) in [6.07, 6.45) is 0. The fourth-order valence-electron chi connectivity index (χ4n) is 5.27. The zero-order valence-corrected chi connectivity index (χ0v) is 18.2. The van der Waals surface area contributed by atoms with Gasteiger partial charge in [-0.3, -0.25) is 0 Å². The van der Waals surface area contributed by atoms with E-state index in [1.54, 1.807) is 0 Å². The predicted molar refractivity (Wildman–Crippen MR) is 122 cm³/mol. The van der Waals surface area contributed by atoms with Gasteiger partial charge in [0.05, 0.1) is 11.1 Å². The SMILES string of the molecule is CC1(C)C(CBr)=C(c2ccc3ccc4cccc5ccc2c3c45)C(C)(C)N1[O]. The van der Waals surface area contributed by atoms with Crippen LogP contribution in [0.2, 0.25) is 0 Å². The molecule has 0 unspecified atom stereocenters. The van der Waals surface area contributed by atoms with Crippen LogP contribution < -0.4 is 0 Å². The second-order valence-corrected chi connectivity index (χ2v) is 9.43. The molecule has 0 N–H and O–H groups in total. The third-order valence-corrected chi connectivity index (χ3v) is 7.16. The van der Waals surface area contributed by atoms with E-state index in [9.17, 15) is 5.21 Å². The standard InChI is InChI=1S/C25H23BrNO/c1-24(2)20(14-26)23(25(3,4)27(24)28)19-13-11-17-9-8-15-6-5-7-16-10-12-18(19)22(17)21(15)16/h5-13H,14H2,1-4H3. The van der Waals surface area contributed by atoms with Crippen molar-refractivity contribution in [3.8, 4) is 0 Å². The number of rotatable bonds is 2. The zero-order chi connectivity index (χ0) is 19.8. The molecule has 1 heterocycles. The lowest BCUT2D eigenvalue weighted by atomic mass is 9.82. The molecule has 0 aliphatic carbocycles. The molecule has 0 amide bonds. The number of halogens is 1. The van der Waals surface area contributed by atoms with Gasteiger partial charge in [0.2, 0.25) is 0 Å². The van der Waals surface area contributed by atoms with Gasteiger partial charge in [0.15, 0.2) is 0 Å². The van der Waals surface area contributed by atoms with Gasteiger partial charge >= 0.3 is 0 Å². The Kier molecular flexibility index (Phi) is 3.74. The minimum absolute atomic E-state index is 0.535. The number of alkyl halides is 1. The number of benzene rings is 4. The maximum atomic E-state index is 13.2. The van der Waals surface area contributed by atoms with Gasteiger partial charge in [-0.1, -0.05) is 70.5 Å². The zero-order valence-electron chi connectivity index (χ0n) is 16.6. The van der Waals surface area contributed by atoms with Crippen LogP contribution in [0, 0.1) is 0 Å². The predicted octanol–water partition coefficient (Wildman–Crippen LogP) is 6.95. The molecule has 3 heteroatoms. The van der Waals surface area contributed by atoms with E-state index < -0.39 is 11.1 Å². The second kappa shape index (κ2) is 5.79. The summed E-state index contributed by atoms with van der Waals surface area (Å²) in [6.45, 7) is 8.15. The number of hydroxylamine groups is 2. The second-order valence-electron chi connectivity index (χ2n) is 8.87. The van der Waals surface area contributed by atoms with E-state index in [2.05, 4.69) is 70.5 Å². The van der Waals surface area contributed by atoms with E-state index in [1.165, 1.54) is 48.5 Å². The molecule has 0 saturated carbocycles. The van der Waals surface area contributed by atoms with Crippen LogP contribution in [0.5, 0.6) is 0 Å². The molecule has 0 atom stereocenters. The molecule has 1 aliphatic heterocycles. The summed E-state index contributed by atoms with van der Waals surface area (Å²) >= 11 is 3.68. The summed E-state index contributed by atoms with van der Waals surface area (Å²) in [6, 6.07) is 19.7. The van der Waals surface area contributed by atoms with Crippen LogP contribution in [0.15, 0.2) is 60.2 Å². The van der Waals surface area contributed by atoms with Crippen LogP contribution >= 0.6 is 15.9 Å². The molecule has 4 aromatic carbocycles. The average molecular weight is 433 g/mol. The van der Waals surface area contributed by atoms with Crippen molar-refractivity contribution in [2.45, 2.75) is 38.8 Å². The lowest BCUT2D eigenvalue weighted by molar-refractivity contribution is -0.236. The topological polar surface area (TPSA) is 23.1 Å². The minimum atomic E-state index is -0.588. The summed E-state index contributed by atoms with van der Waals surface area (Å²) < 4.78 is 0. The smallest absolute Gasteiger partial charge is 0.0702 e. The van der Waals surface area contributed by atoms with E-state index in [1.807, 2.05) is 27.7 Å². The first-order chi connectivity index (χ1) is 13.3. The molecule has 0 fully saturated rings. The van der Waals surface area contributed by atoms with Gasteiger partial charge in [-0.25, -0.2) is 0 Å². The van der Waals surface area contributed by atoms with Crippen molar-refractivity contribution in [1.82, 2.24) is 5.06 Å². The Balaban J connectivity index is 1.95. The molecule has 5 rings (SSSR count). The van der Waals surface area contributed by atoms with E-state index in [0.29, 0.717) is 5.33 Å². The highest BCUT2D eigenvalue weighted by atomic mass is 79.9. The van der Waals surface area contributed by atoms with Gasteiger partial charge in [-0.2, -0.15) is 0 Å². The maximum absolute atomic E-state index is 13.2. The Morgan fingerprint density at radius 2 is 1.36 bits per heavy atom. The minimum Gasteiger partial charge on any atom is -0.135 e. The van der Waals surface area contributed by atoms with Crippen molar-refractivity contribution in [2.24, 2.45) is 0 Å². The highest BCUT2D eigenvalue weighted by Gasteiger charge is 2.51. The molecule has 0 spiro atoms. The molecular formula is C25H23BrNO. The van der Waals surface area contributed by atoms with E-state index >= 15 is 0 Å². The summed E-state index contributed by atoms with van der Waals surface area (Å²) in [5.41, 5.74) is 2.38. The molecule has 0 saturated heterocycles. The first-order valence-electron chi connectivity index (χ1n) is 9.73. The van der Waals surface area contributed by atoms with Crippen LogP contribution in [0.3, 0.4) is 0 Å². The highest BCUT2D eigenvalue weighted by molar-refractivity contribution is 9.09. The monoisotopic (exact) mass is 432 g/mol. The quantitative estimate of drug-likeness (QED) is 0.248. The highest BCUT2D eigenvalue weighted by Crippen LogP contribution is 2.51. The molecule has 4 aromatic rings. The van der Waals surface area contributed by atoms with Crippen LogP contribution in [0.25, 0.3) is 37.9 Å². The van der Waals surface area contributed by atoms with E-state index in [0.717, 1.165) is 5.57 Å². The van der Waals surface area contributed by atoms with Gasteiger partial charge in [-0.05, 0) is 76.7 Å². The summed E-state index contributed by atoms with van der Waals surface area (Å²) in [4.78, 5) is 0. The lowest BCUT2D eigenvalue weighted by Crippen LogP contribution is -2.47. The summed E-state index contributed by atoms with van der Waals surface area (Å²) in [5.74, 6) is 0. The van der Waals surface area contributed by atoms with Crippen LogP contribution in [-0.4, -0.2) is 21.5 Å². The van der Waals surface area contributed by atoms with Crippen molar-refractivity contribution in [2.75, 3.05) is 5.33 Å². The van der Waals surface area contributed by atoms with E-state index in [4.69, 9.17) is 0 Å². The molecule has 1 radical (unpaired) electrons. The first-order valence-corrected chi connectivity index (χ1v) is 10.8. The van der Waals surface area contributed by atoms with Gasteiger partial charge in [-0.15, -0.1) is 10.3 Å². The van der Waals surface area contributed by atoms with Crippen LogP contribution in [0.4, 0.5) is 0 Å². The molecule has 0 bridgehead atoms. The largest absolute Gasteiger partial charge is 0.135 e. The number of hydrogen-bond acceptors (Lipinski definition) is 1. The average Bonchev–Trinajstić information content (AvgIpc) is 2.82. The molecule has 28 heavy (non-hydrogen) atoms. The first kappa shape index (κ1) is 18.1. The third kappa shape index (κ3) is 2.15. The Hall–Kier alpha value is -1.94. The van der Waals surface area contributed by atoms with Gasteiger partial charge in [0.25, 0.3) is 0 Å².